The molecule has 1 saturated carbocycles. The Labute approximate surface area is 110 Å². The number of carbonyl (C=O) groups is 1. The summed E-state index contributed by atoms with van der Waals surface area (Å²) in [6, 6.07) is 0.717. The average molecular weight is 255 g/mol. The fourth-order valence-electron chi connectivity index (χ4n) is 3.12. The number of hydrogen-bond acceptors (Lipinski definition) is 3. The fourth-order valence-corrected chi connectivity index (χ4v) is 4.41. The van der Waals surface area contributed by atoms with Crippen molar-refractivity contribution in [3.63, 3.8) is 0 Å². The summed E-state index contributed by atoms with van der Waals surface area (Å²) >= 11 is 2.05. The van der Waals surface area contributed by atoms with Gasteiger partial charge >= 0.3 is 0 Å². The van der Waals surface area contributed by atoms with Gasteiger partial charge in [0.05, 0.1) is 0 Å². The molecule has 0 bridgehead atoms. The maximum Gasteiger partial charge on any atom is 0.137 e. The number of Topliss-reactive ketones (excluding diaryl/α,β-unsaturated/α-hetero) is 1. The molecule has 1 aliphatic carbocycles. The Morgan fingerprint density at radius 2 is 2.24 bits per heavy atom. The largest absolute Gasteiger partial charge is 0.302 e. The summed E-state index contributed by atoms with van der Waals surface area (Å²) in [6.07, 6.45) is 5.65. The molecule has 0 aromatic rings. The van der Waals surface area contributed by atoms with Crippen LogP contribution in [-0.4, -0.2) is 41.8 Å². The molecule has 1 saturated heterocycles. The molecule has 0 aromatic heterocycles. The molecule has 2 aliphatic rings. The predicted octanol–water partition coefficient (Wildman–Crippen LogP) is 2.82. The zero-order valence-corrected chi connectivity index (χ0v) is 12.0. The minimum Gasteiger partial charge on any atom is -0.302 e. The van der Waals surface area contributed by atoms with Gasteiger partial charge in [0.1, 0.15) is 5.78 Å². The summed E-state index contributed by atoms with van der Waals surface area (Å²) in [7, 11) is 2.21. The van der Waals surface area contributed by atoms with E-state index in [4.69, 9.17) is 0 Å². The first-order valence-corrected chi connectivity index (χ1v) is 8.16. The monoisotopic (exact) mass is 255 g/mol. The lowest BCUT2D eigenvalue weighted by Gasteiger charge is -2.32. The molecule has 0 aromatic carbocycles. The second-order valence-electron chi connectivity index (χ2n) is 5.67. The van der Waals surface area contributed by atoms with Crippen molar-refractivity contribution in [1.82, 2.24) is 4.90 Å². The molecular weight excluding hydrogens is 230 g/mol. The normalized spacial score (nSPS) is 34.5. The lowest BCUT2D eigenvalue weighted by molar-refractivity contribution is -0.126. The van der Waals surface area contributed by atoms with Crippen molar-refractivity contribution in [3.8, 4) is 0 Å². The summed E-state index contributed by atoms with van der Waals surface area (Å²) in [5.41, 5.74) is 0. The van der Waals surface area contributed by atoms with Crippen LogP contribution in [-0.2, 0) is 4.79 Å². The molecule has 3 heteroatoms. The van der Waals surface area contributed by atoms with Gasteiger partial charge in [-0.05, 0) is 38.0 Å². The number of rotatable bonds is 4. The van der Waals surface area contributed by atoms with Gasteiger partial charge < -0.3 is 4.90 Å². The van der Waals surface area contributed by atoms with Crippen LogP contribution in [0.4, 0.5) is 0 Å². The molecule has 0 radical (unpaired) electrons. The van der Waals surface area contributed by atoms with E-state index in [1.165, 1.54) is 24.3 Å². The van der Waals surface area contributed by atoms with E-state index in [9.17, 15) is 4.79 Å². The van der Waals surface area contributed by atoms with E-state index in [0.29, 0.717) is 11.7 Å². The van der Waals surface area contributed by atoms with Crippen molar-refractivity contribution >= 4 is 17.5 Å². The zero-order valence-electron chi connectivity index (χ0n) is 11.2. The van der Waals surface area contributed by atoms with E-state index in [-0.39, 0.29) is 0 Å². The molecule has 3 unspecified atom stereocenters. The van der Waals surface area contributed by atoms with Gasteiger partial charge in [0.25, 0.3) is 0 Å². The Morgan fingerprint density at radius 3 is 2.88 bits per heavy atom. The molecule has 98 valence electrons. The molecule has 1 heterocycles. The molecule has 3 atom stereocenters. The van der Waals surface area contributed by atoms with Gasteiger partial charge in [0.15, 0.2) is 0 Å². The summed E-state index contributed by atoms with van der Waals surface area (Å²) < 4.78 is 0. The van der Waals surface area contributed by atoms with Crippen molar-refractivity contribution in [3.05, 3.63) is 0 Å². The molecular formula is C14H25NOS. The number of hydrogen-bond donors (Lipinski definition) is 0. The van der Waals surface area contributed by atoms with Gasteiger partial charge in [0, 0.05) is 30.7 Å². The van der Waals surface area contributed by atoms with Crippen molar-refractivity contribution in [1.29, 1.82) is 0 Å². The average Bonchev–Trinajstić information content (AvgIpc) is 2.85. The van der Waals surface area contributed by atoms with Gasteiger partial charge in [-0.3, -0.25) is 4.79 Å². The standard InChI is InChI=1S/C14H25NOS/c1-3-11-4-5-14(16)12(8-11)9-15(2)13-6-7-17-10-13/h11-13H,3-10H2,1-2H3. The van der Waals surface area contributed by atoms with Gasteiger partial charge in [-0.2, -0.15) is 11.8 Å². The minimum atomic E-state index is 0.323. The summed E-state index contributed by atoms with van der Waals surface area (Å²) in [6.45, 7) is 3.26. The van der Waals surface area contributed by atoms with Crippen LogP contribution in [0.15, 0.2) is 0 Å². The van der Waals surface area contributed by atoms with Crippen LogP contribution in [0.3, 0.4) is 0 Å². The highest BCUT2D eigenvalue weighted by molar-refractivity contribution is 7.99. The molecule has 0 spiro atoms. The zero-order chi connectivity index (χ0) is 12.3. The second kappa shape index (κ2) is 6.24. The highest BCUT2D eigenvalue weighted by Crippen LogP contribution is 2.30. The lowest BCUT2D eigenvalue weighted by Crippen LogP contribution is -2.40. The van der Waals surface area contributed by atoms with E-state index >= 15 is 0 Å². The van der Waals surface area contributed by atoms with E-state index in [2.05, 4.69) is 30.6 Å². The van der Waals surface area contributed by atoms with Gasteiger partial charge in [-0.15, -0.1) is 0 Å². The van der Waals surface area contributed by atoms with Crippen LogP contribution >= 0.6 is 11.8 Å². The number of nitrogens with zero attached hydrogens (tertiary/aromatic N) is 1. The molecule has 2 nitrogen and oxygen atoms in total. The summed E-state index contributed by atoms with van der Waals surface area (Å²) in [4.78, 5) is 14.4. The second-order valence-corrected chi connectivity index (χ2v) is 6.82. The van der Waals surface area contributed by atoms with Crippen LogP contribution in [0.25, 0.3) is 0 Å². The number of carbonyl (C=O) groups excluding carboxylic acids is 1. The van der Waals surface area contributed by atoms with Crippen molar-refractivity contribution in [2.24, 2.45) is 11.8 Å². The van der Waals surface area contributed by atoms with Crippen molar-refractivity contribution < 1.29 is 4.79 Å². The number of thioether (sulfide) groups is 1. The summed E-state index contributed by atoms with van der Waals surface area (Å²) in [5, 5.41) is 0. The van der Waals surface area contributed by atoms with Crippen LogP contribution in [0.1, 0.15) is 39.0 Å². The first kappa shape index (κ1) is 13.4. The minimum absolute atomic E-state index is 0.323. The smallest absolute Gasteiger partial charge is 0.137 e. The van der Waals surface area contributed by atoms with Gasteiger partial charge in [-0.25, -0.2) is 0 Å². The third-order valence-corrected chi connectivity index (χ3v) is 5.63. The number of ketones is 1. The maximum atomic E-state index is 12.0. The maximum absolute atomic E-state index is 12.0. The Bertz CT molecular complexity index is 263. The van der Waals surface area contributed by atoms with Crippen molar-refractivity contribution in [2.75, 3.05) is 25.1 Å². The molecule has 1 aliphatic heterocycles. The first-order valence-electron chi connectivity index (χ1n) is 7.01. The van der Waals surface area contributed by atoms with Crippen LogP contribution in [0.5, 0.6) is 0 Å². The van der Waals surface area contributed by atoms with E-state index < -0.39 is 0 Å². The third-order valence-electron chi connectivity index (χ3n) is 4.49. The summed E-state index contributed by atoms with van der Waals surface area (Å²) in [5.74, 6) is 4.19. The van der Waals surface area contributed by atoms with Crippen LogP contribution < -0.4 is 0 Å². The molecule has 2 rings (SSSR count). The molecule has 0 amide bonds. The topological polar surface area (TPSA) is 20.3 Å². The Morgan fingerprint density at radius 1 is 1.41 bits per heavy atom. The van der Waals surface area contributed by atoms with E-state index in [0.717, 1.165) is 37.8 Å². The molecule has 2 fully saturated rings. The lowest BCUT2D eigenvalue weighted by atomic mass is 9.79. The van der Waals surface area contributed by atoms with Crippen LogP contribution in [0.2, 0.25) is 0 Å². The van der Waals surface area contributed by atoms with Crippen LogP contribution in [0, 0.1) is 11.8 Å². The van der Waals surface area contributed by atoms with E-state index in [1.54, 1.807) is 0 Å². The fraction of sp³-hybridized carbons (Fsp3) is 0.929. The Kier molecular flexibility index (Phi) is 4.92. The highest BCUT2D eigenvalue weighted by Gasteiger charge is 2.30. The Hall–Kier alpha value is -0.0200. The first-order chi connectivity index (χ1) is 8.20. The third kappa shape index (κ3) is 3.47. The quantitative estimate of drug-likeness (QED) is 0.770. The van der Waals surface area contributed by atoms with Gasteiger partial charge in [-0.1, -0.05) is 13.3 Å². The predicted molar refractivity (Wildman–Crippen MR) is 74.5 cm³/mol. The molecule has 0 N–H and O–H groups in total. The van der Waals surface area contributed by atoms with E-state index in [1.807, 2.05) is 0 Å². The highest BCUT2D eigenvalue weighted by atomic mass is 32.2. The van der Waals surface area contributed by atoms with Gasteiger partial charge in [0.2, 0.25) is 0 Å². The molecule has 17 heavy (non-hydrogen) atoms. The van der Waals surface area contributed by atoms with Crippen molar-refractivity contribution in [2.45, 2.75) is 45.1 Å². The SMILES string of the molecule is CCC1CCC(=O)C(CN(C)C2CCSC2)C1. The Balaban J connectivity index is 1.85.